The zero-order valence-corrected chi connectivity index (χ0v) is 20.1. The number of carbonyl (C=O) groups is 2. The maximum Gasteiger partial charge on any atom is 0.305 e. The highest BCUT2D eigenvalue weighted by Gasteiger charge is 2.40. The Bertz CT molecular complexity index is 1020. The Hall–Kier alpha value is -2.59. The molecule has 0 spiro atoms. The van der Waals surface area contributed by atoms with Crippen LogP contribution in [0.1, 0.15) is 63.6 Å². The van der Waals surface area contributed by atoms with E-state index in [9.17, 15) is 9.59 Å². The molecule has 1 aliphatic heterocycles. The molecule has 0 fully saturated rings. The largest absolute Gasteiger partial charge is 0.481 e. The summed E-state index contributed by atoms with van der Waals surface area (Å²) in [6, 6.07) is 16.1. The third-order valence-electron chi connectivity index (χ3n) is 6.19. The van der Waals surface area contributed by atoms with Gasteiger partial charge < -0.3 is 10.0 Å². The fraction of sp³-hybridized carbons (Fsp3) is 0.407. The molecule has 0 aromatic heterocycles. The molecule has 1 N–H and O–H groups in total. The summed E-state index contributed by atoms with van der Waals surface area (Å²) in [6.45, 7) is 8.89. The maximum absolute atomic E-state index is 13.0. The second kappa shape index (κ2) is 9.50. The SMILES string of the molecule is CC(C)(C)CCc1ccc([C@]2(C)CC(=O)N(CCC(=O)O)C=C2c2ccccc2)cc1Cl. The van der Waals surface area contributed by atoms with Crippen LogP contribution in [0, 0.1) is 5.41 Å². The molecule has 0 bridgehead atoms. The van der Waals surface area contributed by atoms with Crippen molar-refractivity contribution in [1.82, 2.24) is 4.90 Å². The van der Waals surface area contributed by atoms with E-state index in [-0.39, 0.29) is 30.7 Å². The summed E-state index contributed by atoms with van der Waals surface area (Å²) in [5.41, 5.74) is 3.77. The van der Waals surface area contributed by atoms with Gasteiger partial charge in [-0.25, -0.2) is 0 Å². The molecular formula is C27H32ClNO3. The smallest absolute Gasteiger partial charge is 0.305 e. The standard InChI is InChI=1S/C27H32ClNO3/c1-26(2,3)14-12-20-10-11-21(16-23(20)28)27(4)17-24(30)29(15-13-25(31)32)18-22(27)19-8-6-5-7-9-19/h5-11,16,18H,12-15,17H2,1-4H3,(H,31,32)/t27-/m0/s1. The van der Waals surface area contributed by atoms with E-state index in [0.29, 0.717) is 0 Å². The van der Waals surface area contributed by atoms with Gasteiger partial charge in [0.25, 0.3) is 0 Å². The van der Waals surface area contributed by atoms with Gasteiger partial charge in [-0.3, -0.25) is 9.59 Å². The fourth-order valence-electron chi connectivity index (χ4n) is 4.15. The molecule has 2 aromatic carbocycles. The molecule has 4 nitrogen and oxygen atoms in total. The maximum atomic E-state index is 13.0. The molecule has 5 heteroatoms. The van der Waals surface area contributed by atoms with Gasteiger partial charge in [-0.15, -0.1) is 0 Å². The summed E-state index contributed by atoms with van der Waals surface area (Å²) < 4.78 is 0. The lowest BCUT2D eigenvalue weighted by molar-refractivity contribution is -0.138. The number of amides is 1. The quantitative estimate of drug-likeness (QED) is 0.533. The number of carbonyl (C=O) groups excluding carboxylic acids is 1. The zero-order valence-electron chi connectivity index (χ0n) is 19.3. The topological polar surface area (TPSA) is 57.6 Å². The number of hydrogen-bond acceptors (Lipinski definition) is 2. The van der Waals surface area contributed by atoms with E-state index < -0.39 is 11.4 Å². The van der Waals surface area contributed by atoms with Crippen LogP contribution in [-0.4, -0.2) is 28.4 Å². The molecule has 2 aromatic rings. The van der Waals surface area contributed by atoms with Crippen molar-refractivity contribution in [1.29, 1.82) is 0 Å². The van der Waals surface area contributed by atoms with E-state index in [1.807, 2.05) is 42.6 Å². The van der Waals surface area contributed by atoms with Crippen LogP contribution in [0.2, 0.25) is 5.02 Å². The number of hydrogen-bond donors (Lipinski definition) is 1. The minimum absolute atomic E-state index is 0.0821. The minimum atomic E-state index is -0.918. The van der Waals surface area contributed by atoms with Gasteiger partial charge in [0.05, 0.1) is 6.42 Å². The number of carboxylic acid groups (broad SMARTS) is 1. The van der Waals surface area contributed by atoms with Crippen molar-refractivity contribution >= 4 is 29.1 Å². The number of carboxylic acids is 1. The molecule has 0 saturated carbocycles. The summed E-state index contributed by atoms with van der Waals surface area (Å²) in [7, 11) is 0. The molecule has 0 radical (unpaired) electrons. The number of benzene rings is 2. The number of allylic oxidation sites excluding steroid dienone is 1. The average molecular weight is 454 g/mol. The van der Waals surface area contributed by atoms with E-state index in [4.69, 9.17) is 16.7 Å². The number of aryl methyl sites for hydroxylation is 1. The van der Waals surface area contributed by atoms with Gasteiger partial charge in [0.1, 0.15) is 0 Å². The molecule has 170 valence electrons. The summed E-state index contributed by atoms with van der Waals surface area (Å²) in [6.07, 6.45) is 3.93. The molecule has 0 saturated heterocycles. The number of rotatable bonds is 7. The monoisotopic (exact) mass is 453 g/mol. The summed E-state index contributed by atoms with van der Waals surface area (Å²) in [4.78, 5) is 25.6. The first-order chi connectivity index (χ1) is 15.0. The number of halogens is 1. The van der Waals surface area contributed by atoms with Crippen LogP contribution in [0.4, 0.5) is 0 Å². The van der Waals surface area contributed by atoms with Crippen molar-refractivity contribution < 1.29 is 14.7 Å². The van der Waals surface area contributed by atoms with Gasteiger partial charge in [0, 0.05) is 29.6 Å². The predicted octanol–water partition coefficient (Wildman–Crippen LogP) is 6.32. The van der Waals surface area contributed by atoms with Crippen molar-refractivity contribution in [3.05, 3.63) is 76.4 Å². The summed E-state index contributed by atoms with van der Waals surface area (Å²) >= 11 is 6.70. The predicted molar refractivity (Wildman–Crippen MR) is 130 cm³/mol. The Kier molecular flexibility index (Phi) is 7.14. The van der Waals surface area contributed by atoms with Crippen LogP contribution in [0.5, 0.6) is 0 Å². The Morgan fingerprint density at radius 1 is 1.16 bits per heavy atom. The highest BCUT2D eigenvalue weighted by molar-refractivity contribution is 6.31. The molecular weight excluding hydrogens is 422 g/mol. The summed E-state index contributed by atoms with van der Waals surface area (Å²) in [5, 5.41) is 9.79. The van der Waals surface area contributed by atoms with Crippen molar-refractivity contribution in [2.45, 2.75) is 58.8 Å². The van der Waals surface area contributed by atoms with Gasteiger partial charge in [0.2, 0.25) is 5.91 Å². The Morgan fingerprint density at radius 2 is 1.84 bits per heavy atom. The van der Waals surface area contributed by atoms with Crippen LogP contribution < -0.4 is 0 Å². The van der Waals surface area contributed by atoms with E-state index in [2.05, 4.69) is 39.8 Å². The molecule has 1 aliphatic rings. The Labute approximate surface area is 195 Å². The van der Waals surface area contributed by atoms with Gasteiger partial charge >= 0.3 is 5.97 Å². The van der Waals surface area contributed by atoms with Gasteiger partial charge in [-0.1, -0.05) is 81.8 Å². The average Bonchev–Trinajstić information content (AvgIpc) is 2.72. The van der Waals surface area contributed by atoms with E-state index in [1.54, 1.807) is 0 Å². The molecule has 1 amide bonds. The first kappa shape index (κ1) is 24.1. The van der Waals surface area contributed by atoms with Crippen molar-refractivity contribution in [2.75, 3.05) is 6.54 Å². The molecule has 32 heavy (non-hydrogen) atoms. The van der Waals surface area contributed by atoms with Crippen molar-refractivity contribution in [2.24, 2.45) is 5.41 Å². The number of nitrogens with zero attached hydrogens (tertiary/aromatic N) is 1. The molecule has 1 atom stereocenters. The fourth-order valence-corrected chi connectivity index (χ4v) is 4.42. The highest BCUT2D eigenvalue weighted by Crippen LogP contribution is 2.45. The van der Waals surface area contributed by atoms with Crippen LogP contribution in [0.15, 0.2) is 54.7 Å². The lowest BCUT2D eigenvalue weighted by atomic mass is 9.69. The van der Waals surface area contributed by atoms with Gasteiger partial charge in [-0.05, 0) is 46.6 Å². The first-order valence-corrected chi connectivity index (χ1v) is 11.5. The third-order valence-corrected chi connectivity index (χ3v) is 6.54. The highest BCUT2D eigenvalue weighted by atomic mass is 35.5. The number of aliphatic carboxylic acids is 1. The van der Waals surface area contributed by atoms with Crippen molar-refractivity contribution in [3.8, 4) is 0 Å². The molecule has 0 aliphatic carbocycles. The van der Waals surface area contributed by atoms with E-state index >= 15 is 0 Å². The first-order valence-electron chi connectivity index (χ1n) is 11.1. The minimum Gasteiger partial charge on any atom is -0.481 e. The lowest BCUT2D eigenvalue weighted by Crippen LogP contribution is -2.41. The molecule has 0 unspecified atom stereocenters. The van der Waals surface area contributed by atoms with E-state index in [0.717, 1.165) is 40.1 Å². The molecule has 1 heterocycles. The lowest BCUT2D eigenvalue weighted by Gasteiger charge is -2.39. The Balaban J connectivity index is 2.01. The van der Waals surface area contributed by atoms with Crippen LogP contribution in [0.25, 0.3) is 5.57 Å². The second-order valence-electron chi connectivity index (χ2n) is 10.0. The normalized spacial score (nSPS) is 19.1. The second-order valence-corrected chi connectivity index (χ2v) is 10.4. The third kappa shape index (κ3) is 5.60. The van der Waals surface area contributed by atoms with Gasteiger partial charge in [-0.2, -0.15) is 0 Å². The van der Waals surface area contributed by atoms with E-state index in [1.165, 1.54) is 4.90 Å². The van der Waals surface area contributed by atoms with Crippen molar-refractivity contribution in [3.63, 3.8) is 0 Å². The van der Waals surface area contributed by atoms with Crippen LogP contribution in [0.3, 0.4) is 0 Å². The van der Waals surface area contributed by atoms with Crippen LogP contribution >= 0.6 is 11.6 Å². The van der Waals surface area contributed by atoms with Gasteiger partial charge in [0.15, 0.2) is 0 Å². The molecule has 3 rings (SSSR count). The zero-order chi connectivity index (χ0) is 23.5. The van der Waals surface area contributed by atoms with Crippen LogP contribution in [-0.2, 0) is 21.4 Å². The Morgan fingerprint density at radius 3 is 2.44 bits per heavy atom. The summed E-state index contributed by atoms with van der Waals surface area (Å²) in [5.74, 6) is -1.00.